The molecule has 6 nitrogen and oxygen atoms in total. The minimum absolute atomic E-state index is 0.134. The molecule has 0 saturated carbocycles. The van der Waals surface area contributed by atoms with E-state index in [1.807, 2.05) is 31.2 Å². The number of carbonyl (C=O) groups excluding carboxylic acids is 1. The minimum Gasteiger partial charge on any atom is -0.480 e. The molecular weight excluding hydrogens is 314 g/mol. The highest BCUT2D eigenvalue weighted by molar-refractivity contribution is 7.80. The second kappa shape index (κ2) is 5.85. The van der Waals surface area contributed by atoms with Crippen LogP contribution >= 0.6 is 12.2 Å². The molecule has 2 N–H and O–H groups in total. The molecule has 3 rings (SSSR count). The number of hydrogen-bond acceptors (Lipinski definition) is 3. The van der Waals surface area contributed by atoms with Crippen molar-refractivity contribution in [3.63, 3.8) is 0 Å². The predicted octanol–water partition coefficient (Wildman–Crippen LogP) is 1.80. The molecule has 0 spiro atoms. The van der Waals surface area contributed by atoms with Crippen LogP contribution in [0.5, 0.6) is 0 Å². The van der Waals surface area contributed by atoms with Crippen LogP contribution in [0, 0.1) is 0 Å². The van der Waals surface area contributed by atoms with Crippen molar-refractivity contribution >= 4 is 46.2 Å². The van der Waals surface area contributed by atoms with E-state index in [2.05, 4.69) is 5.32 Å². The maximum absolute atomic E-state index is 12.3. The van der Waals surface area contributed by atoms with Gasteiger partial charge in [-0.05, 0) is 31.3 Å². The standard InChI is InChI=1S/C16H15N3O3S/c1-2-19-15(22)12(17-16(19)23)7-10-8-18(9-14(20)21)13-6-4-3-5-11(10)13/h3-8H,2,9H2,1H3,(H,17,23)(H,20,21). The summed E-state index contributed by atoms with van der Waals surface area (Å²) < 4.78 is 1.65. The van der Waals surface area contributed by atoms with Gasteiger partial charge in [0, 0.05) is 29.2 Å². The fourth-order valence-corrected chi connectivity index (χ4v) is 3.00. The average Bonchev–Trinajstić information content (AvgIpc) is 2.98. The quantitative estimate of drug-likeness (QED) is 0.661. The van der Waals surface area contributed by atoms with Crippen LogP contribution in [0.1, 0.15) is 12.5 Å². The Morgan fingerprint density at radius 1 is 1.39 bits per heavy atom. The van der Waals surface area contributed by atoms with Crippen molar-refractivity contribution in [3.8, 4) is 0 Å². The Hall–Kier alpha value is -2.67. The van der Waals surface area contributed by atoms with Crippen LogP contribution in [0.3, 0.4) is 0 Å². The minimum atomic E-state index is -0.918. The van der Waals surface area contributed by atoms with Crippen LogP contribution in [-0.2, 0) is 16.1 Å². The number of fused-ring (bicyclic) bond motifs is 1. The first-order chi connectivity index (χ1) is 11.0. The highest BCUT2D eigenvalue weighted by Gasteiger charge is 2.29. The number of aliphatic carboxylic acids is 1. The summed E-state index contributed by atoms with van der Waals surface area (Å²) >= 11 is 5.14. The number of nitrogens with zero attached hydrogens (tertiary/aromatic N) is 2. The van der Waals surface area contributed by atoms with Gasteiger partial charge in [0.25, 0.3) is 5.91 Å². The Kier molecular flexibility index (Phi) is 3.87. The number of benzene rings is 1. The summed E-state index contributed by atoms with van der Waals surface area (Å²) in [6, 6.07) is 7.48. The molecule has 1 saturated heterocycles. The van der Waals surface area contributed by atoms with E-state index in [-0.39, 0.29) is 12.5 Å². The van der Waals surface area contributed by atoms with Crippen LogP contribution in [0.25, 0.3) is 17.0 Å². The lowest BCUT2D eigenvalue weighted by Gasteiger charge is -2.08. The van der Waals surface area contributed by atoms with Gasteiger partial charge in [-0.3, -0.25) is 14.5 Å². The van der Waals surface area contributed by atoms with Crippen LogP contribution in [0.15, 0.2) is 36.2 Å². The van der Waals surface area contributed by atoms with Gasteiger partial charge in [0.1, 0.15) is 12.2 Å². The van der Waals surface area contributed by atoms with Gasteiger partial charge in [0.05, 0.1) is 0 Å². The summed E-state index contributed by atoms with van der Waals surface area (Å²) in [5.41, 5.74) is 1.98. The van der Waals surface area contributed by atoms with E-state index in [9.17, 15) is 9.59 Å². The SMILES string of the molecule is CCN1C(=O)C(=Cc2cn(CC(=O)O)c3ccccc23)NC1=S. The number of carbonyl (C=O) groups is 2. The third-order valence-electron chi connectivity index (χ3n) is 3.70. The van der Waals surface area contributed by atoms with Gasteiger partial charge in [-0.25, -0.2) is 0 Å². The molecule has 118 valence electrons. The van der Waals surface area contributed by atoms with E-state index in [0.29, 0.717) is 17.4 Å². The summed E-state index contributed by atoms with van der Waals surface area (Å²) in [6.07, 6.45) is 3.45. The van der Waals surface area contributed by atoms with Crippen molar-refractivity contribution in [3.05, 3.63) is 41.7 Å². The molecule has 1 aromatic carbocycles. The first-order valence-corrected chi connectivity index (χ1v) is 7.56. The lowest BCUT2D eigenvalue weighted by molar-refractivity contribution is -0.137. The van der Waals surface area contributed by atoms with Gasteiger partial charge >= 0.3 is 5.97 Å². The van der Waals surface area contributed by atoms with Gasteiger partial charge in [0.2, 0.25) is 0 Å². The Labute approximate surface area is 138 Å². The number of para-hydroxylation sites is 1. The van der Waals surface area contributed by atoms with E-state index < -0.39 is 5.97 Å². The summed E-state index contributed by atoms with van der Waals surface area (Å²) in [7, 11) is 0. The summed E-state index contributed by atoms with van der Waals surface area (Å²) in [6.45, 7) is 2.22. The number of amides is 1. The number of carboxylic acid groups (broad SMARTS) is 1. The second-order valence-corrected chi connectivity index (χ2v) is 5.55. The number of hydrogen-bond donors (Lipinski definition) is 2. The second-order valence-electron chi connectivity index (χ2n) is 5.16. The zero-order chi connectivity index (χ0) is 16.6. The molecule has 1 amide bonds. The zero-order valence-electron chi connectivity index (χ0n) is 12.4. The van der Waals surface area contributed by atoms with E-state index in [1.165, 1.54) is 4.90 Å². The van der Waals surface area contributed by atoms with Crippen molar-refractivity contribution in [1.82, 2.24) is 14.8 Å². The van der Waals surface area contributed by atoms with Crippen LogP contribution < -0.4 is 5.32 Å². The van der Waals surface area contributed by atoms with Crippen molar-refractivity contribution in [1.29, 1.82) is 0 Å². The highest BCUT2D eigenvalue weighted by Crippen LogP contribution is 2.24. The largest absolute Gasteiger partial charge is 0.480 e. The molecule has 0 atom stereocenters. The predicted molar refractivity (Wildman–Crippen MR) is 90.7 cm³/mol. The Morgan fingerprint density at radius 3 is 2.78 bits per heavy atom. The van der Waals surface area contributed by atoms with Gasteiger partial charge in [-0.1, -0.05) is 18.2 Å². The average molecular weight is 329 g/mol. The van der Waals surface area contributed by atoms with Crippen molar-refractivity contribution < 1.29 is 14.7 Å². The van der Waals surface area contributed by atoms with Gasteiger partial charge in [0.15, 0.2) is 5.11 Å². The van der Waals surface area contributed by atoms with Gasteiger partial charge in [-0.2, -0.15) is 0 Å². The number of rotatable bonds is 4. The summed E-state index contributed by atoms with van der Waals surface area (Å²) in [5, 5.41) is 13.2. The lowest BCUT2D eigenvalue weighted by atomic mass is 10.1. The summed E-state index contributed by atoms with van der Waals surface area (Å²) in [4.78, 5) is 24.8. The Balaban J connectivity index is 2.07. The van der Waals surface area contributed by atoms with E-state index >= 15 is 0 Å². The van der Waals surface area contributed by atoms with Crippen LogP contribution in [0.2, 0.25) is 0 Å². The van der Waals surface area contributed by atoms with Crippen molar-refractivity contribution in [2.75, 3.05) is 6.54 Å². The number of likely N-dealkylation sites (N-methyl/N-ethyl adjacent to an activating group) is 1. The molecule has 0 radical (unpaired) electrons. The number of carboxylic acids is 1. The third-order valence-corrected chi connectivity index (χ3v) is 4.03. The number of nitrogens with one attached hydrogen (secondary N) is 1. The molecule has 1 aromatic heterocycles. The van der Waals surface area contributed by atoms with E-state index in [4.69, 9.17) is 17.3 Å². The highest BCUT2D eigenvalue weighted by atomic mass is 32.1. The first kappa shape index (κ1) is 15.2. The molecular formula is C16H15N3O3S. The number of thiocarbonyl (C=S) groups is 1. The lowest BCUT2D eigenvalue weighted by Crippen LogP contribution is -2.30. The Morgan fingerprint density at radius 2 is 2.13 bits per heavy atom. The van der Waals surface area contributed by atoms with Crippen LogP contribution in [0.4, 0.5) is 0 Å². The topological polar surface area (TPSA) is 74.6 Å². The normalized spacial score (nSPS) is 16.4. The third kappa shape index (κ3) is 2.70. The van der Waals surface area contributed by atoms with Crippen molar-refractivity contribution in [2.45, 2.75) is 13.5 Å². The maximum atomic E-state index is 12.3. The molecule has 2 aromatic rings. The molecule has 7 heteroatoms. The van der Waals surface area contributed by atoms with E-state index in [1.54, 1.807) is 16.8 Å². The Bertz CT molecular complexity index is 853. The molecule has 0 bridgehead atoms. The van der Waals surface area contributed by atoms with Crippen molar-refractivity contribution in [2.24, 2.45) is 0 Å². The monoisotopic (exact) mass is 329 g/mol. The fraction of sp³-hybridized carbons (Fsp3) is 0.188. The van der Waals surface area contributed by atoms with Gasteiger partial charge in [-0.15, -0.1) is 0 Å². The van der Waals surface area contributed by atoms with Gasteiger partial charge < -0.3 is 15.0 Å². The molecule has 23 heavy (non-hydrogen) atoms. The molecule has 1 aliphatic rings. The first-order valence-electron chi connectivity index (χ1n) is 7.15. The molecule has 0 aliphatic carbocycles. The molecule has 2 heterocycles. The molecule has 1 aliphatic heterocycles. The maximum Gasteiger partial charge on any atom is 0.323 e. The fourth-order valence-electron chi connectivity index (χ4n) is 2.68. The zero-order valence-corrected chi connectivity index (χ0v) is 13.3. The smallest absolute Gasteiger partial charge is 0.323 e. The van der Waals surface area contributed by atoms with E-state index in [0.717, 1.165) is 16.5 Å². The molecule has 0 unspecified atom stereocenters. The van der Waals surface area contributed by atoms with Crippen LogP contribution in [-0.4, -0.2) is 38.1 Å². The summed E-state index contributed by atoms with van der Waals surface area (Å²) in [5.74, 6) is -1.09. The number of aromatic nitrogens is 1. The molecule has 1 fully saturated rings.